The molecular weight excluding hydrogens is 369 g/mol. The number of hydrogen-bond acceptors (Lipinski definition) is 6. The first-order valence-corrected chi connectivity index (χ1v) is 8.47. The highest BCUT2D eigenvalue weighted by molar-refractivity contribution is 6.10. The van der Waals surface area contributed by atoms with Gasteiger partial charge < -0.3 is 25.0 Å². The number of carbonyl (C=O) groups is 2. The maximum atomic E-state index is 14.6. The molecule has 28 heavy (non-hydrogen) atoms. The van der Waals surface area contributed by atoms with Crippen LogP contribution in [-0.4, -0.2) is 37.9 Å². The molecule has 0 aliphatic heterocycles. The molecule has 2 aromatic heterocycles. The molecular formula is C19H18FN3O5. The van der Waals surface area contributed by atoms with Gasteiger partial charge in [0.2, 0.25) is 0 Å². The standard InChI is InChI=1S/C19H18FN3O5/c1-2-23-9-13(16(18(23)21)19(26)27)17(25)14(20)7-12-8-15(22-28-12)10-3-5-11(24)6-4-10/h3-6,8-9,14,24H,2,7,21H2,1H3,(H,26,27). The molecule has 0 bridgehead atoms. The highest BCUT2D eigenvalue weighted by Crippen LogP contribution is 2.25. The number of carboxylic acid groups (broad SMARTS) is 1. The summed E-state index contributed by atoms with van der Waals surface area (Å²) < 4.78 is 21.1. The fraction of sp³-hybridized carbons (Fsp3) is 0.211. The second kappa shape index (κ2) is 7.55. The van der Waals surface area contributed by atoms with Crippen LogP contribution in [-0.2, 0) is 13.0 Å². The molecule has 0 aliphatic carbocycles. The lowest BCUT2D eigenvalue weighted by molar-refractivity contribution is 0.0690. The second-order valence-corrected chi connectivity index (χ2v) is 6.16. The Morgan fingerprint density at radius 3 is 2.61 bits per heavy atom. The number of carboxylic acids is 1. The van der Waals surface area contributed by atoms with E-state index in [2.05, 4.69) is 5.16 Å². The molecule has 0 amide bonds. The molecule has 4 N–H and O–H groups in total. The SMILES string of the molecule is CCn1cc(C(=O)C(F)Cc2cc(-c3ccc(O)cc3)no2)c(C(=O)O)c1N. The van der Waals surface area contributed by atoms with Crippen molar-refractivity contribution < 1.29 is 28.7 Å². The molecule has 0 spiro atoms. The van der Waals surface area contributed by atoms with E-state index in [0.29, 0.717) is 17.8 Å². The summed E-state index contributed by atoms with van der Waals surface area (Å²) in [6, 6.07) is 7.66. The molecule has 8 nitrogen and oxygen atoms in total. The minimum atomic E-state index is -2.02. The Hall–Kier alpha value is -3.62. The van der Waals surface area contributed by atoms with E-state index in [1.54, 1.807) is 19.1 Å². The van der Waals surface area contributed by atoms with Crippen molar-refractivity contribution in [3.8, 4) is 17.0 Å². The molecule has 0 saturated heterocycles. The molecule has 1 aromatic carbocycles. The lowest BCUT2D eigenvalue weighted by Crippen LogP contribution is -2.20. The minimum Gasteiger partial charge on any atom is -0.508 e. The van der Waals surface area contributed by atoms with E-state index in [-0.39, 0.29) is 22.9 Å². The third-order valence-electron chi connectivity index (χ3n) is 4.33. The Morgan fingerprint density at radius 2 is 2.00 bits per heavy atom. The number of benzene rings is 1. The van der Waals surface area contributed by atoms with Gasteiger partial charge in [-0.2, -0.15) is 0 Å². The van der Waals surface area contributed by atoms with Crippen molar-refractivity contribution in [3.63, 3.8) is 0 Å². The molecule has 146 valence electrons. The maximum absolute atomic E-state index is 14.6. The summed E-state index contributed by atoms with van der Waals surface area (Å²) in [4.78, 5) is 23.9. The number of aromatic hydroxyl groups is 1. The van der Waals surface area contributed by atoms with Crippen LogP contribution in [0.3, 0.4) is 0 Å². The van der Waals surface area contributed by atoms with Crippen LogP contribution in [0, 0.1) is 0 Å². The highest BCUT2D eigenvalue weighted by atomic mass is 19.1. The monoisotopic (exact) mass is 387 g/mol. The molecule has 0 aliphatic rings. The number of nitrogens with two attached hydrogens (primary N) is 1. The number of Topliss-reactive ketones (excluding diaryl/α,β-unsaturated/α-hetero) is 1. The van der Waals surface area contributed by atoms with Gasteiger partial charge in [-0.25, -0.2) is 9.18 Å². The van der Waals surface area contributed by atoms with Crippen molar-refractivity contribution in [2.45, 2.75) is 26.1 Å². The zero-order chi connectivity index (χ0) is 20.4. The van der Waals surface area contributed by atoms with Crippen LogP contribution >= 0.6 is 0 Å². The van der Waals surface area contributed by atoms with Gasteiger partial charge in [-0.3, -0.25) is 4.79 Å². The normalized spacial score (nSPS) is 12.1. The molecule has 1 atom stereocenters. The van der Waals surface area contributed by atoms with Crippen LogP contribution in [0.25, 0.3) is 11.3 Å². The third-order valence-corrected chi connectivity index (χ3v) is 4.33. The van der Waals surface area contributed by atoms with Crippen LogP contribution in [0.4, 0.5) is 10.2 Å². The molecule has 0 fully saturated rings. The third kappa shape index (κ3) is 3.59. The molecule has 1 unspecified atom stereocenters. The predicted octanol–water partition coefficient (Wildman–Crippen LogP) is 2.91. The number of nitrogen functional groups attached to an aromatic ring is 1. The molecule has 3 rings (SSSR count). The van der Waals surface area contributed by atoms with Crippen molar-refractivity contribution in [1.29, 1.82) is 0 Å². The Balaban J connectivity index is 1.80. The number of nitrogens with zero attached hydrogens (tertiary/aromatic N) is 2. The molecule has 9 heteroatoms. The Morgan fingerprint density at radius 1 is 1.32 bits per heavy atom. The van der Waals surface area contributed by atoms with Crippen LogP contribution < -0.4 is 5.73 Å². The number of aromatic nitrogens is 2. The molecule has 3 aromatic rings. The summed E-state index contributed by atoms with van der Waals surface area (Å²) in [5.41, 5.74) is 6.13. The maximum Gasteiger partial charge on any atom is 0.340 e. The first-order valence-electron chi connectivity index (χ1n) is 8.47. The van der Waals surface area contributed by atoms with Gasteiger partial charge in [0, 0.05) is 30.8 Å². The van der Waals surface area contributed by atoms with Crippen molar-refractivity contribution in [1.82, 2.24) is 9.72 Å². The van der Waals surface area contributed by atoms with E-state index in [9.17, 15) is 24.2 Å². The number of alkyl halides is 1. The van der Waals surface area contributed by atoms with Crippen LogP contribution in [0.1, 0.15) is 33.4 Å². The van der Waals surface area contributed by atoms with Crippen molar-refractivity contribution in [2.75, 3.05) is 5.73 Å². The average Bonchev–Trinajstić information content (AvgIpc) is 3.25. The van der Waals surface area contributed by atoms with Crippen molar-refractivity contribution >= 4 is 17.6 Å². The summed E-state index contributed by atoms with van der Waals surface area (Å²) in [6.45, 7) is 2.07. The zero-order valence-electron chi connectivity index (χ0n) is 14.9. The molecule has 0 radical (unpaired) electrons. The number of hydrogen-bond donors (Lipinski definition) is 3. The van der Waals surface area contributed by atoms with E-state index in [1.165, 1.54) is 29.0 Å². The van der Waals surface area contributed by atoms with Crippen LogP contribution in [0.15, 0.2) is 41.1 Å². The summed E-state index contributed by atoms with van der Waals surface area (Å²) in [5, 5.41) is 22.5. The largest absolute Gasteiger partial charge is 0.508 e. The Labute approximate surface area is 159 Å². The summed E-state index contributed by atoms with van der Waals surface area (Å²) in [5.74, 6) is -2.26. The van der Waals surface area contributed by atoms with E-state index in [1.807, 2.05) is 0 Å². The van der Waals surface area contributed by atoms with Gasteiger partial charge in [-0.05, 0) is 31.2 Å². The summed E-state index contributed by atoms with van der Waals surface area (Å²) in [7, 11) is 0. The lowest BCUT2D eigenvalue weighted by Gasteiger charge is -2.04. The van der Waals surface area contributed by atoms with E-state index in [0.717, 1.165) is 0 Å². The van der Waals surface area contributed by atoms with Gasteiger partial charge in [0.05, 0.1) is 5.56 Å². The zero-order valence-corrected chi connectivity index (χ0v) is 14.9. The number of rotatable bonds is 7. The van der Waals surface area contributed by atoms with Crippen LogP contribution in [0.5, 0.6) is 5.75 Å². The number of aryl methyl sites for hydroxylation is 1. The van der Waals surface area contributed by atoms with Gasteiger partial charge in [-0.1, -0.05) is 5.16 Å². The Kier molecular flexibility index (Phi) is 5.16. The molecule has 0 saturated carbocycles. The fourth-order valence-corrected chi connectivity index (χ4v) is 2.86. The van der Waals surface area contributed by atoms with Gasteiger partial charge in [0.1, 0.15) is 28.6 Å². The van der Waals surface area contributed by atoms with Gasteiger partial charge in [0.15, 0.2) is 12.0 Å². The van der Waals surface area contributed by atoms with Crippen molar-refractivity contribution in [2.24, 2.45) is 0 Å². The second-order valence-electron chi connectivity index (χ2n) is 6.16. The number of phenolic OH excluding ortho intramolecular Hbond substituents is 1. The number of carbonyl (C=O) groups excluding carboxylic acids is 1. The lowest BCUT2D eigenvalue weighted by atomic mass is 10.0. The number of anilines is 1. The minimum absolute atomic E-state index is 0.0920. The quantitative estimate of drug-likeness (QED) is 0.531. The number of phenols is 1. The molecule has 2 heterocycles. The number of ketones is 1. The first kappa shape index (κ1) is 19.2. The topological polar surface area (TPSA) is 132 Å². The summed E-state index contributed by atoms with van der Waals surface area (Å²) >= 11 is 0. The smallest absolute Gasteiger partial charge is 0.340 e. The van der Waals surface area contributed by atoms with Gasteiger partial charge in [0.25, 0.3) is 0 Å². The predicted molar refractivity (Wildman–Crippen MR) is 98.0 cm³/mol. The van der Waals surface area contributed by atoms with Crippen LogP contribution in [0.2, 0.25) is 0 Å². The average molecular weight is 387 g/mol. The fourth-order valence-electron chi connectivity index (χ4n) is 2.86. The van der Waals surface area contributed by atoms with Crippen molar-refractivity contribution in [3.05, 3.63) is 53.4 Å². The van der Waals surface area contributed by atoms with Gasteiger partial charge in [-0.15, -0.1) is 0 Å². The Bertz CT molecular complexity index is 1020. The van der Waals surface area contributed by atoms with E-state index < -0.39 is 29.9 Å². The van der Waals surface area contributed by atoms with E-state index >= 15 is 0 Å². The van der Waals surface area contributed by atoms with Gasteiger partial charge >= 0.3 is 5.97 Å². The first-order chi connectivity index (χ1) is 13.3. The highest BCUT2D eigenvalue weighted by Gasteiger charge is 2.30. The number of halogens is 1. The number of aromatic carboxylic acids is 1. The van der Waals surface area contributed by atoms with E-state index in [4.69, 9.17) is 10.3 Å². The summed E-state index contributed by atoms with van der Waals surface area (Å²) in [6.07, 6.45) is -1.18.